The lowest BCUT2D eigenvalue weighted by Crippen LogP contribution is -2.27. The van der Waals surface area contributed by atoms with Crippen molar-refractivity contribution >= 4 is 17.4 Å². The van der Waals surface area contributed by atoms with Gasteiger partial charge in [-0.1, -0.05) is 12.1 Å². The number of thioether (sulfide) groups is 1. The highest BCUT2D eigenvalue weighted by atomic mass is 32.2. The van der Waals surface area contributed by atoms with Crippen LogP contribution in [0.4, 0.5) is 5.69 Å². The molecule has 0 amide bonds. The van der Waals surface area contributed by atoms with Crippen molar-refractivity contribution in [2.24, 2.45) is 5.92 Å². The number of nitrogens with one attached hydrogen (secondary N) is 1. The Kier molecular flexibility index (Phi) is 5.66. The van der Waals surface area contributed by atoms with Crippen molar-refractivity contribution in [2.45, 2.75) is 19.3 Å². The molecule has 1 aliphatic rings. The van der Waals surface area contributed by atoms with Crippen molar-refractivity contribution in [2.75, 3.05) is 24.6 Å². The molecule has 1 fully saturated rings. The number of nitro benzene ring substituents is 1. The van der Waals surface area contributed by atoms with Gasteiger partial charge in [-0.05, 0) is 55.3 Å². The Morgan fingerprint density at radius 3 is 2.58 bits per heavy atom. The number of nitro groups is 1. The Bertz CT molecular complexity index is 402. The van der Waals surface area contributed by atoms with E-state index in [1.165, 1.54) is 24.3 Å². The van der Waals surface area contributed by atoms with Gasteiger partial charge in [0.25, 0.3) is 5.69 Å². The average molecular weight is 280 g/mol. The molecular weight excluding hydrogens is 260 g/mol. The number of hydrogen-bond acceptors (Lipinski definition) is 4. The lowest BCUT2D eigenvalue weighted by Gasteiger charge is -2.21. The molecule has 0 radical (unpaired) electrons. The minimum absolute atomic E-state index is 0.163. The number of hydrogen-bond donors (Lipinski definition) is 1. The summed E-state index contributed by atoms with van der Waals surface area (Å²) in [7, 11) is 0. The highest BCUT2D eigenvalue weighted by Crippen LogP contribution is 2.21. The summed E-state index contributed by atoms with van der Waals surface area (Å²) >= 11 is 2.06. The van der Waals surface area contributed by atoms with E-state index in [1.54, 1.807) is 12.1 Å². The molecule has 0 atom stereocenters. The maximum absolute atomic E-state index is 10.5. The number of benzene rings is 1. The van der Waals surface area contributed by atoms with Gasteiger partial charge >= 0.3 is 0 Å². The monoisotopic (exact) mass is 280 g/mol. The molecule has 1 N–H and O–H groups in total. The molecule has 19 heavy (non-hydrogen) atoms. The van der Waals surface area contributed by atoms with Crippen LogP contribution in [0, 0.1) is 16.0 Å². The Labute approximate surface area is 118 Å². The molecular formula is C14H20N2O2S. The van der Waals surface area contributed by atoms with E-state index in [0.29, 0.717) is 0 Å². The molecule has 0 unspecified atom stereocenters. The maximum atomic E-state index is 10.5. The fraction of sp³-hybridized carbons (Fsp3) is 0.571. The molecule has 2 rings (SSSR count). The predicted octanol–water partition coefficient (Wildman–Crippen LogP) is 2.87. The quantitative estimate of drug-likeness (QED) is 0.494. The molecule has 1 heterocycles. The third-order valence-corrected chi connectivity index (χ3v) is 4.56. The Morgan fingerprint density at radius 2 is 1.95 bits per heavy atom. The van der Waals surface area contributed by atoms with Gasteiger partial charge in [0.1, 0.15) is 0 Å². The van der Waals surface area contributed by atoms with Gasteiger partial charge < -0.3 is 5.32 Å². The van der Waals surface area contributed by atoms with Gasteiger partial charge in [-0.3, -0.25) is 10.1 Å². The van der Waals surface area contributed by atoms with Gasteiger partial charge in [0.2, 0.25) is 0 Å². The second-order valence-corrected chi connectivity index (χ2v) is 6.16. The first-order valence-corrected chi connectivity index (χ1v) is 7.93. The molecule has 1 saturated heterocycles. The van der Waals surface area contributed by atoms with E-state index in [9.17, 15) is 10.1 Å². The molecule has 0 bridgehead atoms. The topological polar surface area (TPSA) is 55.2 Å². The highest BCUT2D eigenvalue weighted by molar-refractivity contribution is 7.99. The number of non-ortho nitro benzene ring substituents is 1. The third-order valence-electron chi connectivity index (χ3n) is 3.51. The Balaban J connectivity index is 1.66. The van der Waals surface area contributed by atoms with E-state index < -0.39 is 0 Å². The third kappa shape index (κ3) is 4.84. The van der Waals surface area contributed by atoms with Crippen molar-refractivity contribution in [3.05, 3.63) is 39.9 Å². The van der Waals surface area contributed by atoms with Crippen molar-refractivity contribution in [3.8, 4) is 0 Å². The summed E-state index contributed by atoms with van der Waals surface area (Å²) in [6.07, 6.45) is 3.59. The number of nitrogens with zero attached hydrogens (tertiary/aromatic N) is 1. The van der Waals surface area contributed by atoms with Crippen LogP contribution in [-0.2, 0) is 6.42 Å². The molecule has 0 saturated carbocycles. The molecule has 1 aromatic rings. The molecule has 5 heteroatoms. The van der Waals surface area contributed by atoms with E-state index >= 15 is 0 Å². The summed E-state index contributed by atoms with van der Waals surface area (Å²) in [5, 5.41) is 14.0. The Morgan fingerprint density at radius 1 is 1.26 bits per heavy atom. The fourth-order valence-electron chi connectivity index (χ4n) is 2.27. The molecule has 0 spiro atoms. The van der Waals surface area contributed by atoms with Gasteiger partial charge in [-0.25, -0.2) is 0 Å². The Hall–Kier alpha value is -1.07. The summed E-state index contributed by atoms with van der Waals surface area (Å²) < 4.78 is 0. The van der Waals surface area contributed by atoms with Gasteiger partial charge in [-0.15, -0.1) is 0 Å². The summed E-state index contributed by atoms with van der Waals surface area (Å²) in [6, 6.07) is 6.84. The predicted molar refractivity (Wildman–Crippen MR) is 79.7 cm³/mol. The highest BCUT2D eigenvalue weighted by Gasteiger charge is 2.12. The summed E-state index contributed by atoms with van der Waals surface area (Å²) in [5.74, 6) is 3.43. The zero-order chi connectivity index (χ0) is 13.5. The van der Waals surface area contributed by atoms with Crippen LogP contribution in [0.15, 0.2) is 24.3 Å². The van der Waals surface area contributed by atoms with E-state index in [0.717, 1.165) is 31.0 Å². The molecule has 4 nitrogen and oxygen atoms in total. The van der Waals surface area contributed by atoms with E-state index in [-0.39, 0.29) is 10.6 Å². The van der Waals surface area contributed by atoms with Crippen LogP contribution in [0.25, 0.3) is 0 Å². The first-order chi connectivity index (χ1) is 9.25. The van der Waals surface area contributed by atoms with Crippen molar-refractivity contribution in [3.63, 3.8) is 0 Å². The van der Waals surface area contributed by atoms with Crippen LogP contribution in [-0.4, -0.2) is 29.5 Å². The van der Waals surface area contributed by atoms with Crippen LogP contribution in [0.2, 0.25) is 0 Å². The second kappa shape index (κ2) is 7.50. The van der Waals surface area contributed by atoms with Crippen LogP contribution >= 0.6 is 11.8 Å². The fourth-order valence-corrected chi connectivity index (χ4v) is 3.48. The van der Waals surface area contributed by atoms with Gasteiger partial charge in [0.05, 0.1) is 4.92 Å². The maximum Gasteiger partial charge on any atom is 0.269 e. The normalized spacial score (nSPS) is 16.4. The molecule has 104 valence electrons. The van der Waals surface area contributed by atoms with E-state index in [1.807, 2.05) is 12.1 Å². The smallest absolute Gasteiger partial charge is 0.269 e. The molecule has 1 aromatic carbocycles. The van der Waals surface area contributed by atoms with Gasteiger partial charge in [-0.2, -0.15) is 11.8 Å². The number of rotatable bonds is 6. The summed E-state index contributed by atoms with van der Waals surface area (Å²) in [5.41, 5.74) is 1.31. The zero-order valence-electron chi connectivity index (χ0n) is 11.0. The van der Waals surface area contributed by atoms with Crippen molar-refractivity contribution in [1.82, 2.24) is 5.32 Å². The van der Waals surface area contributed by atoms with Crippen LogP contribution in [0.1, 0.15) is 18.4 Å². The minimum atomic E-state index is -0.358. The van der Waals surface area contributed by atoms with Gasteiger partial charge in [0.15, 0.2) is 0 Å². The molecule has 1 aliphatic heterocycles. The lowest BCUT2D eigenvalue weighted by molar-refractivity contribution is -0.384. The summed E-state index contributed by atoms with van der Waals surface area (Å²) in [4.78, 5) is 10.2. The van der Waals surface area contributed by atoms with Crippen molar-refractivity contribution in [1.29, 1.82) is 0 Å². The zero-order valence-corrected chi connectivity index (χ0v) is 11.8. The summed E-state index contributed by atoms with van der Waals surface area (Å²) in [6.45, 7) is 2.05. The average Bonchev–Trinajstić information content (AvgIpc) is 2.45. The molecule has 0 aromatic heterocycles. The largest absolute Gasteiger partial charge is 0.316 e. The first-order valence-electron chi connectivity index (χ1n) is 6.77. The second-order valence-electron chi connectivity index (χ2n) is 4.93. The minimum Gasteiger partial charge on any atom is -0.316 e. The van der Waals surface area contributed by atoms with E-state index in [4.69, 9.17) is 0 Å². The molecule has 0 aliphatic carbocycles. The first kappa shape index (κ1) is 14.3. The lowest BCUT2D eigenvalue weighted by atomic mass is 10.0. The van der Waals surface area contributed by atoms with Crippen molar-refractivity contribution < 1.29 is 4.92 Å². The van der Waals surface area contributed by atoms with Crippen LogP contribution in [0.5, 0.6) is 0 Å². The van der Waals surface area contributed by atoms with Crippen LogP contribution in [0.3, 0.4) is 0 Å². The standard InChI is InChI=1S/C14H20N2O2S/c17-16(18)14-3-1-12(2-4-14)5-8-15-11-13-6-9-19-10-7-13/h1-4,13,15H,5-11H2. The van der Waals surface area contributed by atoms with Crippen LogP contribution < -0.4 is 5.32 Å². The SMILES string of the molecule is O=[N+]([O-])c1ccc(CCNCC2CCSCC2)cc1. The van der Waals surface area contributed by atoms with E-state index in [2.05, 4.69) is 17.1 Å². The van der Waals surface area contributed by atoms with Gasteiger partial charge in [0, 0.05) is 12.1 Å².